The van der Waals surface area contributed by atoms with E-state index in [2.05, 4.69) is 0 Å². The van der Waals surface area contributed by atoms with Gasteiger partial charge in [0.05, 0.1) is 11.1 Å². The molecule has 0 radical (unpaired) electrons. The number of piperidine rings is 1. The molecule has 6 heteroatoms. The third kappa shape index (κ3) is 3.19. The summed E-state index contributed by atoms with van der Waals surface area (Å²) in [6, 6.07) is 6.49. The molecule has 0 saturated carbocycles. The van der Waals surface area contributed by atoms with Gasteiger partial charge >= 0.3 is 5.97 Å². The van der Waals surface area contributed by atoms with E-state index in [1.165, 1.54) is 4.90 Å². The number of carbonyl (C=O) groups excluding carboxylic acids is 2. The van der Waals surface area contributed by atoms with E-state index in [9.17, 15) is 19.5 Å². The Kier molecular flexibility index (Phi) is 4.94. The Morgan fingerprint density at radius 3 is 2.29 bits per heavy atom. The van der Waals surface area contributed by atoms with E-state index in [0.29, 0.717) is 37.1 Å². The van der Waals surface area contributed by atoms with Crippen LogP contribution in [0.2, 0.25) is 0 Å². The van der Waals surface area contributed by atoms with Crippen LogP contribution in [0.5, 0.6) is 0 Å². The monoisotopic (exact) mass is 330 g/mol. The SMILES string of the molecule is O=C(O)C1CCCCN1CCCCN1C(=O)c2ccccc2C1=O. The van der Waals surface area contributed by atoms with Crippen molar-refractivity contribution in [2.24, 2.45) is 0 Å². The van der Waals surface area contributed by atoms with Crippen LogP contribution < -0.4 is 0 Å². The van der Waals surface area contributed by atoms with E-state index in [1.54, 1.807) is 24.3 Å². The van der Waals surface area contributed by atoms with E-state index in [1.807, 2.05) is 4.90 Å². The molecule has 0 spiro atoms. The second kappa shape index (κ2) is 7.13. The van der Waals surface area contributed by atoms with Gasteiger partial charge in [0.25, 0.3) is 11.8 Å². The lowest BCUT2D eigenvalue weighted by molar-refractivity contribution is -0.144. The second-order valence-corrected chi connectivity index (χ2v) is 6.40. The van der Waals surface area contributed by atoms with Crippen LogP contribution in [0.4, 0.5) is 0 Å². The van der Waals surface area contributed by atoms with Crippen molar-refractivity contribution < 1.29 is 19.5 Å². The first-order valence-electron chi connectivity index (χ1n) is 8.51. The molecular formula is C18H22N2O4. The van der Waals surface area contributed by atoms with Crippen LogP contribution in [0.25, 0.3) is 0 Å². The zero-order valence-electron chi connectivity index (χ0n) is 13.6. The van der Waals surface area contributed by atoms with Crippen LogP contribution in [0.1, 0.15) is 52.8 Å². The van der Waals surface area contributed by atoms with Gasteiger partial charge in [0.1, 0.15) is 6.04 Å². The smallest absolute Gasteiger partial charge is 0.320 e. The topological polar surface area (TPSA) is 77.9 Å². The quantitative estimate of drug-likeness (QED) is 0.637. The van der Waals surface area contributed by atoms with Gasteiger partial charge in [-0.25, -0.2) is 0 Å². The van der Waals surface area contributed by atoms with Gasteiger partial charge < -0.3 is 5.11 Å². The van der Waals surface area contributed by atoms with E-state index < -0.39 is 12.0 Å². The molecule has 2 amide bonds. The number of nitrogens with zero attached hydrogens (tertiary/aromatic N) is 2. The molecule has 1 fully saturated rings. The number of hydrogen-bond acceptors (Lipinski definition) is 4. The third-order valence-corrected chi connectivity index (χ3v) is 4.85. The van der Waals surface area contributed by atoms with Gasteiger partial charge in [0, 0.05) is 6.54 Å². The molecule has 2 heterocycles. The summed E-state index contributed by atoms with van der Waals surface area (Å²) in [4.78, 5) is 39.1. The van der Waals surface area contributed by atoms with Gasteiger partial charge in [-0.15, -0.1) is 0 Å². The summed E-state index contributed by atoms with van der Waals surface area (Å²) in [6.45, 7) is 1.89. The number of rotatable bonds is 6. The fourth-order valence-electron chi connectivity index (χ4n) is 3.57. The largest absolute Gasteiger partial charge is 0.480 e. The van der Waals surface area contributed by atoms with Crippen molar-refractivity contribution in [2.45, 2.75) is 38.1 Å². The minimum atomic E-state index is -0.755. The van der Waals surface area contributed by atoms with Crippen molar-refractivity contribution in [3.8, 4) is 0 Å². The summed E-state index contributed by atoms with van der Waals surface area (Å²) in [5.41, 5.74) is 0.953. The average Bonchev–Trinajstić information content (AvgIpc) is 2.84. The van der Waals surface area contributed by atoms with E-state index in [-0.39, 0.29) is 11.8 Å². The number of amides is 2. The number of benzene rings is 1. The van der Waals surface area contributed by atoms with Gasteiger partial charge in [-0.1, -0.05) is 18.6 Å². The molecule has 1 aromatic rings. The van der Waals surface area contributed by atoms with Crippen molar-refractivity contribution in [3.63, 3.8) is 0 Å². The lowest BCUT2D eigenvalue weighted by atomic mass is 10.0. The highest BCUT2D eigenvalue weighted by Gasteiger charge is 2.34. The van der Waals surface area contributed by atoms with Crippen molar-refractivity contribution in [2.75, 3.05) is 19.6 Å². The molecule has 24 heavy (non-hydrogen) atoms. The Labute approximate surface area is 141 Å². The maximum absolute atomic E-state index is 12.3. The average molecular weight is 330 g/mol. The van der Waals surface area contributed by atoms with Gasteiger partial charge in [0.15, 0.2) is 0 Å². The first-order valence-corrected chi connectivity index (χ1v) is 8.51. The highest BCUT2D eigenvalue weighted by Crippen LogP contribution is 2.23. The summed E-state index contributed by atoms with van der Waals surface area (Å²) in [6.07, 6.45) is 4.16. The van der Waals surface area contributed by atoms with Crippen molar-refractivity contribution in [1.29, 1.82) is 0 Å². The van der Waals surface area contributed by atoms with E-state index in [4.69, 9.17) is 0 Å². The number of carbonyl (C=O) groups is 3. The number of aliphatic carboxylic acids is 1. The molecule has 0 aliphatic carbocycles. The number of likely N-dealkylation sites (tertiary alicyclic amines) is 1. The number of fused-ring (bicyclic) bond motifs is 1. The standard InChI is InChI=1S/C18H22N2O4/c21-16-13-7-1-2-8-14(13)17(22)20(16)12-6-5-11-19-10-4-3-9-15(19)18(23)24/h1-2,7-8,15H,3-6,9-12H2,(H,23,24). The fourth-order valence-corrected chi connectivity index (χ4v) is 3.57. The normalized spacial score (nSPS) is 21.2. The molecule has 1 N–H and O–H groups in total. The second-order valence-electron chi connectivity index (χ2n) is 6.40. The van der Waals surface area contributed by atoms with Gasteiger partial charge in [-0.3, -0.25) is 24.2 Å². The number of unbranched alkanes of at least 4 members (excludes halogenated alkanes) is 1. The zero-order chi connectivity index (χ0) is 17.1. The predicted octanol–water partition coefficient (Wildman–Crippen LogP) is 2.00. The molecule has 1 aromatic carbocycles. The molecular weight excluding hydrogens is 308 g/mol. The molecule has 1 unspecified atom stereocenters. The minimum Gasteiger partial charge on any atom is -0.480 e. The van der Waals surface area contributed by atoms with E-state index >= 15 is 0 Å². The van der Waals surface area contributed by atoms with Gasteiger partial charge in [0.2, 0.25) is 0 Å². The fraction of sp³-hybridized carbons (Fsp3) is 0.500. The number of carboxylic acids is 1. The summed E-state index contributed by atoms with van der Waals surface area (Å²) < 4.78 is 0. The van der Waals surface area contributed by atoms with Crippen LogP contribution in [-0.2, 0) is 4.79 Å². The van der Waals surface area contributed by atoms with Crippen molar-refractivity contribution in [3.05, 3.63) is 35.4 Å². The van der Waals surface area contributed by atoms with Crippen LogP contribution in [0.15, 0.2) is 24.3 Å². The Morgan fingerprint density at radius 2 is 1.67 bits per heavy atom. The summed E-state index contributed by atoms with van der Waals surface area (Å²) in [7, 11) is 0. The number of imide groups is 1. The lowest BCUT2D eigenvalue weighted by Crippen LogP contribution is -2.45. The Balaban J connectivity index is 1.50. The number of carboxylic acid groups (broad SMARTS) is 1. The molecule has 1 atom stereocenters. The first-order chi connectivity index (χ1) is 11.6. The Hall–Kier alpha value is -2.21. The predicted molar refractivity (Wildman–Crippen MR) is 87.9 cm³/mol. The molecule has 2 aliphatic rings. The molecule has 3 rings (SSSR count). The summed E-state index contributed by atoms with van der Waals surface area (Å²) in [5.74, 6) is -1.20. The molecule has 1 saturated heterocycles. The van der Waals surface area contributed by atoms with Gasteiger partial charge in [-0.05, 0) is 50.9 Å². The molecule has 0 aromatic heterocycles. The summed E-state index contributed by atoms with van der Waals surface area (Å²) in [5, 5.41) is 9.27. The lowest BCUT2D eigenvalue weighted by Gasteiger charge is -2.32. The first kappa shape index (κ1) is 16.6. The Bertz CT molecular complexity index is 623. The van der Waals surface area contributed by atoms with Crippen LogP contribution >= 0.6 is 0 Å². The molecule has 2 aliphatic heterocycles. The van der Waals surface area contributed by atoms with Crippen LogP contribution in [0, 0.1) is 0 Å². The van der Waals surface area contributed by atoms with Crippen molar-refractivity contribution >= 4 is 17.8 Å². The minimum absolute atomic E-state index is 0.225. The molecule has 6 nitrogen and oxygen atoms in total. The Morgan fingerprint density at radius 1 is 1.04 bits per heavy atom. The third-order valence-electron chi connectivity index (χ3n) is 4.85. The number of hydrogen-bond donors (Lipinski definition) is 1. The van der Waals surface area contributed by atoms with Crippen molar-refractivity contribution in [1.82, 2.24) is 9.80 Å². The maximum Gasteiger partial charge on any atom is 0.320 e. The van der Waals surface area contributed by atoms with Gasteiger partial charge in [-0.2, -0.15) is 0 Å². The van der Waals surface area contributed by atoms with Crippen LogP contribution in [0.3, 0.4) is 0 Å². The molecule has 0 bridgehead atoms. The molecule has 128 valence electrons. The van der Waals surface area contributed by atoms with Crippen LogP contribution in [-0.4, -0.2) is 58.4 Å². The van der Waals surface area contributed by atoms with E-state index in [0.717, 1.165) is 25.8 Å². The maximum atomic E-state index is 12.3. The summed E-state index contributed by atoms with van der Waals surface area (Å²) >= 11 is 0. The zero-order valence-corrected chi connectivity index (χ0v) is 13.6. The highest BCUT2D eigenvalue weighted by atomic mass is 16.4. The highest BCUT2D eigenvalue weighted by molar-refractivity contribution is 6.21.